The van der Waals surface area contributed by atoms with E-state index in [-0.39, 0.29) is 12.1 Å². The highest BCUT2D eigenvalue weighted by Gasteiger charge is 2.26. The van der Waals surface area contributed by atoms with Crippen LogP contribution in [0.2, 0.25) is 0 Å². The summed E-state index contributed by atoms with van der Waals surface area (Å²) in [4.78, 5) is 31.9. The third kappa shape index (κ3) is 3.71. The molecule has 9 heteroatoms. The zero-order valence-corrected chi connectivity index (χ0v) is 16.4. The van der Waals surface area contributed by atoms with Crippen molar-refractivity contribution in [3.63, 3.8) is 0 Å². The molecule has 3 rings (SSSR count). The van der Waals surface area contributed by atoms with Crippen LogP contribution < -0.4 is 11.2 Å². The third-order valence-electron chi connectivity index (χ3n) is 5.34. The van der Waals surface area contributed by atoms with Crippen LogP contribution in [-0.4, -0.2) is 59.6 Å². The molecule has 3 heterocycles. The summed E-state index contributed by atoms with van der Waals surface area (Å²) in [6, 6.07) is 0. The summed E-state index contributed by atoms with van der Waals surface area (Å²) in [6.07, 6.45) is 0.174. The summed E-state index contributed by atoms with van der Waals surface area (Å²) in [5.41, 5.74) is -0.300. The first-order valence-electron chi connectivity index (χ1n) is 9.39. The number of likely N-dealkylation sites (tertiary alicyclic amines) is 1. The fourth-order valence-electron chi connectivity index (χ4n) is 4.20. The maximum atomic E-state index is 12.7. The van der Waals surface area contributed by atoms with E-state index in [2.05, 4.69) is 23.7 Å². The van der Waals surface area contributed by atoms with Crippen LogP contribution in [0.1, 0.15) is 26.1 Å². The molecule has 27 heavy (non-hydrogen) atoms. The van der Waals surface area contributed by atoms with Gasteiger partial charge in [0, 0.05) is 27.2 Å². The Morgan fingerprint density at radius 3 is 2.37 bits per heavy atom. The SMILES string of the molecule is C[C@@H]1C[C@H](C)CN(Cc2nc3c(c(=O)n(C)c(=O)n3C)n2C[C@@H](O)CO)C1. The van der Waals surface area contributed by atoms with Gasteiger partial charge in [-0.05, 0) is 18.3 Å². The Kier molecular flexibility index (Phi) is 5.55. The molecule has 0 unspecified atom stereocenters. The minimum atomic E-state index is -1.01. The predicted molar refractivity (Wildman–Crippen MR) is 102 cm³/mol. The van der Waals surface area contributed by atoms with E-state index in [0.717, 1.165) is 17.7 Å². The van der Waals surface area contributed by atoms with Crippen LogP contribution in [0, 0.1) is 11.8 Å². The maximum Gasteiger partial charge on any atom is 0.332 e. The normalized spacial score (nSPS) is 22.4. The minimum absolute atomic E-state index is 0.0503. The van der Waals surface area contributed by atoms with E-state index in [1.165, 1.54) is 18.0 Å². The summed E-state index contributed by atoms with van der Waals surface area (Å²) in [6.45, 7) is 6.48. The van der Waals surface area contributed by atoms with Gasteiger partial charge in [-0.15, -0.1) is 0 Å². The van der Waals surface area contributed by atoms with Gasteiger partial charge in [-0.1, -0.05) is 13.8 Å². The van der Waals surface area contributed by atoms with E-state index in [1.807, 2.05) is 0 Å². The molecular weight excluding hydrogens is 350 g/mol. The molecule has 150 valence electrons. The molecule has 0 radical (unpaired) electrons. The lowest BCUT2D eigenvalue weighted by atomic mass is 9.92. The molecule has 2 aromatic rings. The van der Waals surface area contributed by atoms with Gasteiger partial charge in [-0.2, -0.15) is 0 Å². The van der Waals surface area contributed by atoms with E-state index in [1.54, 1.807) is 11.6 Å². The molecule has 0 spiro atoms. The number of hydrogen-bond acceptors (Lipinski definition) is 6. The molecule has 9 nitrogen and oxygen atoms in total. The van der Waals surface area contributed by atoms with E-state index >= 15 is 0 Å². The molecule has 0 bridgehead atoms. The molecule has 0 aromatic carbocycles. The molecule has 0 amide bonds. The van der Waals surface area contributed by atoms with Crippen LogP contribution in [0.15, 0.2) is 9.59 Å². The Morgan fingerprint density at radius 1 is 1.15 bits per heavy atom. The standard InChI is InChI=1S/C18H29N5O4/c1-11-5-12(2)7-22(6-11)9-14-19-16-15(23(14)8-13(25)10-24)17(26)21(4)18(27)20(16)3/h11-13,24-25H,5-10H2,1-4H3/t11-,12+,13-/m1/s1. The van der Waals surface area contributed by atoms with Crippen LogP contribution in [0.4, 0.5) is 0 Å². The largest absolute Gasteiger partial charge is 0.394 e. The number of nitrogens with zero attached hydrogens (tertiary/aromatic N) is 5. The zero-order valence-electron chi connectivity index (χ0n) is 16.4. The van der Waals surface area contributed by atoms with Crippen molar-refractivity contribution in [1.82, 2.24) is 23.6 Å². The second kappa shape index (κ2) is 7.57. The predicted octanol–water partition coefficient (Wildman–Crippen LogP) is -0.735. The van der Waals surface area contributed by atoms with Crippen molar-refractivity contribution in [2.45, 2.75) is 39.5 Å². The molecule has 2 N–H and O–H groups in total. The third-order valence-corrected chi connectivity index (χ3v) is 5.34. The fraction of sp³-hybridized carbons (Fsp3) is 0.722. The first-order valence-corrected chi connectivity index (χ1v) is 9.39. The highest BCUT2D eigenvalue weighted by Crippen LogP contribution is 2.23. The van der Waals surface area contributed by atoms with E-state index in [4.69, 9.17) is 0 Å². The summed E-state index contributed by atoms with van der Waals surface area (Å²) in [5, 5.41) is 19.3. The Labute approximate surface area is 157 Å². The van der Waals surface area contributed by atoms with Gasteiger partial charge in [0.1, 0.15) is 5.82 Å². The number of rotatable bonds is 5. The molecule has 1 aliphatic heterocycles. The quantitative estimate of drug-likeness (QED) is 0.709. The molecule has 0 aliphatic carbocycles. The second-order valence-corrected chi connectivity index (χ2v) is 7.99. The van der Waals surface area contributed by atoms with E-state index in [9.17, 15) is 19.8 Å². The number of aromatic nitrogens is 4. The first kappa shape index (κ1) is 19.8. The summed E-state index contributed by atoms with van der Waals surface area (Å²) in [5.74, 6) is 1.77. The van der Waals surface area contributed by atoms with Crippen LogP contribution >= 0.6 is 0 Å². The number of fused-ring (bicyclic) bond motifs is 1. The van der Waals surface area contributed by atoms with Crippen molar-refractivity contribution in [2.24, 2.45) is 25.9 Å². The van der Waals surface area contributed by atoms with Crippen molar-refractivity contribution in [1.29, 1.82) is 0 Å². The van der Waals surface area contributed by atoms with Crippen LogP contribution in [0.25, 0.3) is 11.2 Å². The van der Waals surface area contributed by atoms with Gasteiger partial charge in [0.05, 0.1) is 25.8 Å². The molecule has 1 saturated heterocycles. The van der Waals surface area contributed by atoms with Gasteiger partial charge in [0.15, 0.2) is 11.2 Å². The van der Waals surface area contributed by atoms with Gasteiger partial charge >= 0.3 is 5.69 Å². The highest BCUT2D eigenvalue weighted by atomic mass is 16.3. The van der Waals surface area contributed by atoms with Crippen LogP contribution in [0.3, 0.4) is 0 Å². The molecular formula is C18H29N5O4. The fourth-order valence-corrected chi connectivity index (χ4v) is 4.20. The summed E-state index contributed by atoms with van der Waals surface area (Å²) >= 11 is 0. The van der Waals surface area contributed by atoms with Gasteiger partial charge in [-0.3, -0.25) is 18.8 Å². The average molecular weight is 379 g/mol. The van der Waals surface area contributed by atoms with Crippen molar-refractivity contribution in [3.8, 4) is 0 Å². The van der Waals surface area contributed by atoms with Crippen molar-refractivity contribution >= 4 is 11.2 Å². The van der Waals surface area contributed by atoms with E-state index in [0.29, 0.717) is 29.9 Å². The van der Waals surface area contributed by atoms with Gasteiger partial charge < -0.3 is 14.8 Å². The molecule has 1 aliphatic rings. The van der Waals surface area contributed by atoms with Gasteiger partial charge in [0.25, 0.3) is 5.56 Å². The number of hydrogen-bond donors (Lipinski definition) is 2. The number of aliphatic hydroxyl groups is 2. The zero-order chi connectivity index (χ0) is 19.9. The lowest BCUT2D eigenvalue weighted by molar-refractivity contribution is 0.0793. The molecule has 1 fully saturated rings. The van der Waals surface area contributed by atoms with Crippen LogP contribution in [-0.2, 0) is 27.2 Å². The highest BCUT2D eigenvalue weighted by molar-refractivity contribution is 5.71. The smallest absolute Gasteiger partial charge is 0.332 e. The molecule has 2 aromatic heterocycles. The Hall–Kier alpha value is -1.97. The molecule has 3 atom stereocenters. The second-order valence-electron chi connectivity index (χ2n) is 7.99. The Bertz CT molecular complexity index is 934. The van der Waals surface area contributed by atoms with Crippen molar-refractivity contribution < 1.29 is 10.2 Å². The monoisotopic (exact) mass is 379 g/mol. The lowest BCUT2D eigenvalue weighted by Gasteiger charge is -2.34. The lowest BCUT2D eigenvalue weighted by Crippen LogP contribution is -2.39. The van der Waals surface area contributed by atoms with E-state index < -0.39 is 24.0 Å². The summed E-state index contributed by atoms with van der Waals surface area (Å²) in [7, 11) is 3.01. The van der Waals surface area contributed by atoms with Crippen LogP contribution in [0.5, 0.6) is 0 Å². The maximum absolute atomic E-state index is 12.7. The Morgan fingerprint density at radius 2 is 1.78 bits per heavy atom. The van der Waals surface area contributed by atoms with Crippen molar-refractivity contribution in [3.05, 3.63) is 26.7 Å². The average Bonchev–Trinajstić information content (AvgIpc) is 2.95. The van der Waals surface area contributed by atoms with Gasteiger partial charge in [-0.25, -0.2) is 9.78 Å². The Balaban J connectivity index is 2.12. The number of piperidine rings is 1. The topological polar surface area (TPSA) is 106 Å². The number of aliphatic hydroxyl groups excluding tert-OH is 2. The van der Waals surface area contributed by atoms with Gasteiger partial charge in [0.2, 0.25) is 0 Å². The number of imidazole rings is 1. The molecule has 0 saturated carbocycles. The summed E-state index contributed by atoms with van der Waals surface area (Å²) < 4.78 is 4.05. The first-order chi connectivity index (χ1) is 12.7. The number of aryl methyl sites for hydroxylation is 1. The van der Waals surface area contributed by atoms with Crippen molar-refractivity contribution in [2.75, 3.05) is 19.7 Å². The minimum Gasteiger partial charge on any atom is -0.394 e.